The zero-order valence-corrected chi connectivity index (χ0v) is 29.3. The van der Waals surface area contributed by atoms with Crippen LogP contribution in [0.25, 0.3) is 0 Å². The molecular weight excluding hydrogens is 675 g/mol. The first-order valence-corrected chi connectivity index (χ1v) is 16.3. The summed E-state index contributed by atoms with van der Waals surface area (Å²) < 4.78 is 21.1. The van der Waals surface area contributed by atoms with E-state index >= 15 is 0 Å². The topological polar surface area (TPSA) is 178 Å². The van der Waals surface area contributed by atoms with E-state index in [0.29, 0.717) is 11.5 Å². The summed E-state index contributed by atoms with van der Waals surface area (Å²) >= 11 is 6.03. The number of halogens is 2. The first-order chi connectivity index (χ1) is 23.1. The fourth-order valence-corrected chi connectivity index (χ4v) is 6.09. The molecule has 0 saturated carbocycles. The van der Waals surface area contributed by atoms with Gasteiger partial charge in [0.1, 0.15) is 11.5 Å². The Morgan fingerprint density at radius 3 is 1.84 bits per heavy atom. The minimum absolute atomic E-state index is 0. The number of anilines is 2. The van der Waals surface area contributed by atoms with Crippen molar-refractivity contribution >= 4 is 41.1 Å². The van der Waals surface area contributed by atoms with Crippen LogP contribution in [0.5, 0.6) is 11.5 Å². The summed E-state index contributed by atoms with van der Waals surface area (Å²) in [6.07, 6.45) is 5.42. The summed E-state index contributed by atoms with van der Waals surface area (Å²) in [4.78, 5) is 44.0. The van der Waals surface area contributed by atoms with Crippen LogP contribution in [0.2, 0.25) is 5.15 Å². The maximum Gasteiger partial charge on any atom is 0.343 e. The van der Waals surface area contributed by atoms with Crippen LogP contribution in [0.1, 0.15) is 47.3 Å². The number of rotatable bonds is 16. The molecule has 0 unspecified atom stereocenters. The van der Waals surface area contributed by atoms with Gasteiger partial charge in [0.2, 0.25) is 0 Å². The van der Waals surface area contributed by atoms with Gasteiger partial charge in [-0.2, -0.15) is 0 Å². The molecule has 1 fully saturated rings. The first kappa shape index (κ1) is 39.1. The summed E-state index contributed by atoms with van der Waals surface area (Å²) in [5, 5.41) is 3.06. The van der Waals surface area contributed by atoms with Gasteiger partial charge in [0.25, 0.3) is 5.91 Å². The number of methoxy groups -OCH3 is 2. The van der Waals surface area contributed by atoms with Crippen LogP contribution in [-0.2, 0) is 31.9 Å². The van der Waals surface area contributed by atoms with Crippen LogP contribution in [0.4, 0.5) is 11.6 Å². The average molecular weight is 720 g/mol. The van der Waals surface area contributed by atoms with E-state index in [1.54, 1.807) is 0 Å². The Hall–Kier alpha value is -4.33. The molecule has 15 heteroatoms. The number of nitrogen functional groups attached to an aromatic ring is 2. The van der Waals surface area contributed by atoms with Crippen molar-refractivity contribution in [3.63, 3.8) is 0 Å². The van der Waals surface area contributed by atoms with Gasteiger partial charge in [-0.3, -0.25) is 4.79 Å². The Labute approximate surface area is 297 Å². The molecule has 13 nitrogen and oxygen atoms in total. The first-order valence-electron chi connectivity index (χ1n) is 15.9. The molecule has 1 amide bonds. The molecule has 0 bridgehead atoms. The number of hydrogen-bond acceptors (Lipinski definition) is 11. The van der Waals surface area contributed by atoms with Crippen LogP contribution in [0.3, 0.4) is 0 Å². The van der Waals surface area contributed by atoms with E-state index in [2.05, 4.69) is 24.8 Å². The second kappa shape index (κ2) is 19.0. The monoisotopic (exact) mass is 718 g/mol. The molecule has 1 atom stereocenters. The minimum atomic E-state index is -0.431. The van der Waals surface area contributed by atoms with Crippen molar-refractivity contribution in [2.45, 2.75) is 44.6 Å². The number of esters is 2. The second-order valence-corrected chi connectivity index (χ2v) is 12.2. The number of carbonyl (C=O) groups is 3. The third-order valence-corrected chi connectivity index (χ3v) is 8.74. The molecular formula is C34H44Cl2N6O7. The fourth-order valence-electron chi connectivity index (χ4n) is 5.97. The number of carbonyl (C=O) groups excluding carboxylic acids is 3. The van der Waals surface area contributed by atoms with Gasteiger partial charge in [-0.15, -0.1) is 0 Å². The molecule has 49 heavy (non-hydrogen) atoms. The normalized spacial score (nSPS) is 15.0. The zero-order valence-electron chi connectivity index (χ0n) is 27.8. The van der Waals surface area contributed by atoms with Gasteiger partial charge in [0.15, 0.2) is 35.7 Å². The summed E-state index contributed by atoms with van der Waals surface area (Å²) in [5.41, 5.74) is 14.0. The van der Waals surface area contributed by atoms with Gasteiger partial charge in [-0.05, 0) is 61.1 Å². The average Bonchev–Trinajstić information content (AvgIpc) is 3.09. The largest absolute Gasteiger partial charge is 1.00 e. The SMILES string of the molecule is COC(=O)COc1ccc(CCC[N+]2(CCCc3ccc(OCC(=O)OC)cc3)CCC[C@H](NC(=O)c3nc(Cl)c(N)nc3N)C2)cc1.[Cl-]. The van der Waals surface area contributed by atoms with E-state index in [9.17, 15) is 14.4 Å². The van der Waals surface area contributed by atoms with Gasteiger partial charge in [0.05, 0.1) is 46.4 Å². The molecule has 1 saturated heterocycles. The Balaban J connectivity index is 0.00000650. The lowest BCUT2D eigenvalue weighted by Crippen LogP contribution is -3.00. The molecule has 5 N–H and O–H groups in total. The van der Waals surface area contributed by atoms with Crippen molar-refractivity contribution in [3.8, 4) is 11.5 Å². The molecule has 0 aliphatic carbocycles. The number of likely N-dealkylation sites (tertiary alicyclic amines) is 1. The Morgan fingerprint density at radius 1 is 0.837 bits per heavy atom. The van der Waals surface area contributed by atoms with Crippen molar-refractivity contribution in [2.75, 3.05) is 65.1 Å². The predicted octanol–water partition coefficient (Wildman–Crippen LogP) is 0.377. The van der Waals surface area contributed by atoms with E-state index in [0.717, 1.165) is 69.2 Å². The van der Waals surface area contributed by atoms with Crippen LogP contribution in [0.15, 0.2) is 48.5 Å². The highest BCUT2D eigenvalue weighted by atomic mass is 35.5. The molecule has 0 spiro atoms. The number of hydrogen-bond donors (Lipinski definition) is 3. The van der Waals surface area contributed by atoms with Crippen LogP contribution < -0.4 is 38.7 Å². The number of quaternary nitrogens is 1. The quantitative estimate of drug-likeness (QED) is 0.138. The highest BCUT2D eigenvalue weighted by Gasteiger charge is 2.35. The number of aryl methyl sites for hydroxylation is 2. The molecule has 4 rings (SSSR count). The molecule has 1 aliphatic heterocycles. The molecule has 3 aromatic rings. The van der Waals surface area contributed by atoms with Crippen molar-refractivity contribution < 1.29 is 50.2 Å². The maximum absolute atomic E-state index is 13.2. The van der Waals surface area contributed by atoms with Crippen molar-refractivity contribution in [1.82, 2.24) is 15.3 Å². The number of benzene rings is 2. The molecule has 2 heterocycles. The molecule has 1 aromatic heterocycles. The van der Waals surface area contributed by atoms with Crippen LogP contribution in [-0.4, -0.2) is 92.0 Å². The number of nitrogens with two attached hydrogens (primary N) is 2. The zero-order chi connectivity index (χ0) is 34.5. The van der Waals surface area contributed by atoms with Gasteiger partial charge in [0, 0.05) is 12.8 Å². The number of nitrogens with one attached hydrogen (secondary N) is 1. The maximum atomic E-state index is 13.2. The van der Waals surface area contributed by atoms with Crippen molar-refractivity contribution in [1.29, 1.82) is 0 Å². The highest BCUT2D eigenvalue weighted by molar-refractivity contribution is 6.31. The van der Waals surface area contributed by atoms with Crippen molar-refractivity contribution in [3.05, 3.63) is 70.5 Å². The third kappa shape index (κ3) is 11.9. The Kier molecular flexibility index (Phi) is 15.2. The van der Waals surface area contributed by atoms with E-state index in [-0.39, 0.29) is 54.1 Å². The summed E-state index contributed by atoms with van der Waals surface area (Å²) in [6.45, 7) is 3.37. The van der Waals surface area contributed by atoms with E-state index in [1.165, 1.54) is 25.3 Å². The number of nitrogens with zero attached hydrogens (tertiary/aromatic N) is 3. The second-order valence-electron chi connectivity index (χ2n) is 11.9. The molecule has 2 aromatic carbocycles. The van der Waals surface area contributed by atoms with Gasteiger partial charge >= 0.3 is 11.9 Å². The Bertz CT molecular complexity index is 1470. The standard InChI is InChI=1S/C34H43ClN6O7.ClH/c1-45-28(42)21-47-26-13-9-23(10-14-26)6-3-17-41(18-4-7-24-11-15-27(16-12-24)48-22-29(43)46-2)19-5-8-25(20-41)38-34(44)30-32(36)40-33(37)31(35)39-30;/h9-16,25H,3-8,17-22H2,1-2H3,(H4-,36,37,38,40,44);1H/t25-;/m0./s1. The number of piperidine rings is 1. The fraction of sp³-hybridized carbons (Fsp3) is 0.441. The van der Waals surface area contributed by atoms with E-state index in [1.807, 2.05) is 48.5 Å². The smallest absolute Gasteiger partial charge is 0.343 e. The lowest BCUT2D eigenvalue weighted by molar-refractivity contribution is -0.933. The van der Waals surface area contributed by atoms with Gasteiger partial charge in [-0.1, -0.05) is 35.9 Å². The Morgan fingerprint density at radius 2 is 1.35 bits per heavy atom. The minimum Gasteiger partial charge on any atom is -1.00 e. The molecule has 0 radical (unpaired) electrons. The molecule has 1 aliphatic rings. The predicted molar refractivity (Wildman–Crippen MR) is 181 cm³/mol. The summed E-state index contributed by atoms with van der Waals surface area (Å²) in [5.74, 6) is -0.147. The van der Waals surface area contributed by atoms with Crippen LogP contribution in [0, 0.1) is 0 Å². The molecule has 266 valence electrons. The van der Waals surface area contributed by atoms with Crippen molar-refractivity contribution in [2.24, 2.45) is 0 Å². The highest BCUT2D eigenvalue weighted by Crippen LogP contribution is 2.25. The summed E-state index contributed by atoms with van der Waals surface area (Å²) in [6, 6.07) is 15.4. The number of ether oxygens (including phenoxy) is 4. The van der Waals surface area contributed by atoms with Gasteiger partial charge < -0.3 is 52.6 Å². The van der Waals surface area contributed by atoms with Gasteiger partial charge in [-0.25, -0.2) is 19.6 Å². The van der Waals surface area contributed by atoms with E-state index in [4.69, 9.17) is 32.5 Å². The van der Waals surface area contributed by atoms with E-state index < -0.39 is 17.8 Å². The number of aromatic nitrogens is 2. The third-order valence-electron chi connectivity index (χ3n) is 8.46. The van der Waals surface area contributed by atoms with Crippen LogP contribution >= 0.6 is 11.6 Å². The number of amides is 1. The lowest BCUT2D eigenvalue weighted by atomic mass is 9.99. The lowest BCUT2D eigenvalue weighted by Gasteiger charge is -2.45. The summed E-state index contributed by atoms with van der Waals surface area (Å²) in [7, 11) is 2.65.